The number of likely N-dealkylation sites (tertiary alicyclic amines) is 1. The van der Waals surface area contributed by atoms with Gasteiger partial charge < -0.3 is 10.2 Å². The van der Waals surface area contributed by atoms with Gasteiger partial charge in [-0.2, -0.15) is 0 Å². The molecule has 1 fully saturated rings. The second kappa shape index (κ2) is 9.52. The molecule has 0 spiro atoms. The summed E-state index contributed by atoms with van der Waals surface area (Å²) in [6, 6.07) is 23.4. The second-order valence-electron chi connectivity index (χ2n) is 8.91. The predicted octanol–water partition coefficient (Wildman–Crippen LogP) is 6.17. The number of hydrogen-bond donors (Lipinski definition) is 1. The second-order valence-corrected chi connectivity index (χ2v) is 9.76. The number of fused-ring (bicyclic) bond motifs is 1. The summed E-state index contributed by atoms with van der Waals surface area (Å²) in [5.74, 6) is -0.390. The third kappa shape index (κ3) is 4.47. The molecule has 2 amide bonds. The van der Waals surface area contributed by atoms with Crippen molar-refractivity contribution in [3.8, 4) is 0 Å². The predicted molar refractivity (Wildman–Crippen MR) is 134 cm³/mol. The fourth-order valence-electron chi connectivity index (χ4n) is 5.23. The van der Waals surface area contributed by atoms with Crippen LogP contribution in [0.25, 0.3) is 0 Å². The molecule has 0 aromatic heterocycles. The van der Waals surface area contributed by atoms with Gasteiger partial charge in [-0.25, -0.2) is 0 Å². The number of benzene rings is 3. The average Bonchev–Trinajstić information content (AvgIpc) is 3.32. The standard InChI is InChI=1S/C28H27BrN2O2/c29-25-14-5-4-12-23(25)28(33)31-17-7-13-24(26(31)20-8-2-1-3-9-20)27(32)30-22-16-15-19-10-6-11-21(19)18-22/h1-5,8-9,12,14-16,18,24,26H,6-7,10-11,13,17H2,(H,30,32). The van der Waals surface area contributed by atoms with E-state index >= 15 is 0 Å². The van der Waals surface area contributed by atoms with Gasteiger partial charge in [-0.05, 0) is 89.0 Å². The number of carbonyl (C=O) groups is 2. The summed E-state index contributed by atoms with van der Waals surface area (Å²) in [7, 11) is 0. The molecule has 1 aliphatic heterocycles. The number of rotatable bonds is 4. The Morgan fingerprint density at radius 1 is 0.879 bits per heavy atom. The molecule has 1 aliphatic carbocycles. The monoisotopic (exact) mass is 502 g/mol. The van der Waals surface area contributed by atoms with Crippen LogP contribution in [0.15, 0.2) is 77.3 Å². The zero-order chi connectivity index (χ0) is 22.8. The fourth-order valence-corrected chi connectivity index (χ4v) is 5.69. The van der Waals surface area contributed by atoms with E-state index in [1.54, 1.807) is 0 Å². The maximum atomic E-state index is 13.6. The van der Waals surface area contributed by atoms with Crippen LogP contribution in [-0.2, 0) is 17.6 Å². The maximum absolute atomic E-state index is 13.6. The first-order valence-electron chi connectivity index (χ1n) is 11.6. The Labute approximate surface area is 203 Å². The van der Waals surface area contributed by atoms with E-state index in [2.05, 4.69) is 33.4 Å². The van der Waals surface area contributed by atoms with Crippen LogP contribution in [0.4, 0.5) is 5.69 Å². The van der Waals surface area contributed by atoms with E-state index < -0.39 is 0 Å². The number of piperidine rings is 1. The molecular weight excluding hydrogens is 476 g/mol. The molecule has 0 bridgehead atoms. The van der Waals surface area contributed by atoms with Crippen molar-refractivity contribution >= 4 is 33.4 Å². The molecule has 3 aromatic carbocycles. The third-order valence-electron chi connectivity index (χ3n) is 6.84. The first-order chi connectivity index (χ1) is 16.1. The molecule has 2 unspecified atom stereocenters. The van der Waals surface area contributed by atoms with Crippen LogP contribution >= 0.6 is 15.9 Å². The van der Waals surface area contributed by atoms with E-state index in [0.717, 1.165) is 41.4 Å². The summed E-state index contributed by atoms with van der Waals surface area (Å²) < 4.78 is 0.770. The van der Waals surface area contributed by atoms with E-state index in [9.17, 15) is 9.59 Å². The Hall–Kier alpha value is -2.92. The van der Waals surface area contributed by atoms with Gasteiger partial charge in [0.1, 0.15) is 0 Å². The van der Waals surface area contributed by atoms with Gasteiger partial charge in [-0.3, -0.25) is 9.59 Å². The van der Waals surface area contributed by atoms with Crippen LogP contribution in [0.3, 0.4) is 0 Å². The maximum Gasteiger partial charge on any atom is 0.255 e. The lowest BCUT2D eigenvalue weighted by molar-refractivity contribution is -0.123. The van der Waals surface area contributed by atoms with Gasteiger partial charge >= 0.3 is 0 Å². The van der Waals surface area contributed by atoms with Crippen molar-refractivity contribution in [1.29, 1.82) is 0 Å². The lowest BCUT2D eigenvalue weighted by atomic mass is 9.83. The lowest BCUT2D eigenvalue weighted by Crippen LogP contribution is -2.46. The van der Waals surface area contributed by atoms with Crippen LogP contribution in [-0.4, -0.2) is 23.3 Å². The minimum Gasteiger partial charge on any atom is -0.331 e. The lowest BCUT2D eigenvalue weighted by Gasteiger charge is -2.41. The number of halogens is 1. The Bertz CT molecular complexity index is 1180. The van der Waals surface area contributed by atoms with E-state index in [-0.39, 0.29) is 23.8 Å². The van der Waals surface area contributed by atoms with E-state index in [4.69, 9.17) is 0 Å². The van der Waals surface area contributed by atoms with Crippen LogP contribution in [0.2, 0.25) is 0 Å². The quantitative estimate of drug-likeness (QED) is 0.463. The summed E-state index contributed by atoms with van der Waals surface area (Å²) in [6.45, 7) is 0.627. The van der Waals surface area contributed by atoms with E-state index in [1.165, 1.54) is 17.5 Å². The van der Waals surface area contributed by atoms with Crippen molar-refractivity contribution in [3.05, 3.63) is 99.5 Å². The average molecular weight is 503 g/mol. The zero-order valence-corrected chi connectivity index (χ0v) is 20.1. The highest BCUT2D eigenvalue weighted by atomic mass is 79.9. The molecule has 33 heavy (non-hydrogen) atoms. The number of hydrogen-bond acceptors (Lipinski definition) is 2. The molecule has 1 saturated heterocycles. The molecule has 0 saturated carbocycles. The van der Waals surface area contributed by atoms with Gasteiger partial charge in [0.15, 0.2) is 0 Å². The van der Waals surface area contributed by atoms with Crippen molar-refractivity contribution in [2.75, 3.05) is 11.9 Å². The van der Waals surface area contributed by atoms with Crippen molar-refractivity contribution < 1.29 is 9.59 Å². The van der Waals surface area contributed by atoms with Crippen molar-refractivity contribution in [2.24, 2.45) is 5.92 Å². The summed E-state index contributed by atoms with van der Waals surface area (Å²) in [6.07, 6.45) is 4.91. The Balaban J connectivity index is 1.46. The zero-order valence-electron chi connectivity index (χ0n) is 18.5. The van der Waals surface area contributed by atoms with Gasteiger partial charge in [0.05, 0.1) is 17.5 Å². The minimum atomic E-state index is -0.319. The minimum absolute atomic E-state index is 0.0218. The number of nitrogens with zero attached hydrogens (tertiary/aromatic N) is 1. The van der Waals surface area contributed by atoms with Crippen LogP contribution in [0, 0.1) is 5.92 Å². The Morgan fingerprint density at radius 2 is 1.64 bits per heavy atom. The molecule has 0 radical (unpaired) electrons. The smallest absolute Gasteiger partial charge is 0.255 e. The number of nitrogens with one attached hydrogen (secondary N) is 1. The van der Waals surface area contributed by atoms with Crippen molar-refractivity contribution in [1.82, 2.24) is 4.90 Å². The number of anilines is 1. The Kier molecular flexibility index (Phi) is 6.32. The molecule has 1 N–H and O–H groups in total. The summed E-state index contributed by atoms with van der Waals surface area (Å²) >= 11 is 3.53. The molecule has 3 aromatic rings. The molecule has 1 heterocycles. The molecule has 2 aliphatic rings. The van der Waals surface area contributed by atoms with Crippen LogP contribution in [0.5, 0.6) is 0 Å². The van der Waals surface area contributed by atoms with Crippen LogP contribution < -0.4 is 5.32 Å². The van der Waals surface area contributed by atoms with Crippen molar-refractivity contribution in [3.63, 3.8) is 0 Å². The molecular formula is C28H27BrN2O2. The SMILES string of the molecule is O=C(Nc1ccc2c(c1)CCC2)C1CCCN(C(=O)c2ccccc2Br)C1c1ccccc1. The van der Waals surface area contributed by atoms with E-state index in [0.29, 0.717) is 12.1 Å². The summed E-state index contributed by atoms with van der Waals surface area (Å²) in [4.78, 5) is 29.1. The number of aryl methyl sites for hydroxylation is 2. The van der Waals surface area contributed by atoms with Gasteiger partial charge in [-0.1, -0.05) is 48.5 Å². The van der Waals surface area contributed by atoms with Gasteiger partial charge in [0.25, 0.3) is 5.91 Å². The number of amides is 2. The van der Waals surface area contributed by atoms with Gasteiger partial charge in [-0.15, -0.1) is 0 Å². The van der Waals surface area contributed by atoms with Crippen LogP contribution in [0.1, 0.15) is 52.4 Å². The normalized spacial score (nSPS) is 19.7. The third-order valence-corrected chi connectivity index (χ3v) is 7.53. The Morgan fingerprint density at radius 3 is 2.45 bits per heavy atom. The van der Waals surface area contributed by atoms with Crippen molar-refractivity contribution in [2.45, 2.75) is 38.1 Å². The summed E-state index contributed by atoms with van der Waals surface area (Å²) in [5.41, 5.74) is 5.19. The molecule has 2 atom stereocenters. The van der Waals surface area contributed by atoms with Gasteiger partial charge in [0.2, 0.25) is 5.91 Å². The molecule has 5 rings (SSSR count). The van der Waals surface area contributed by atoms with Gasteiger partial charge in [0, 0.05) is 16.7 Å². The van der Waals surface area contributed by atoms with E-state index in [1.807, 2.05) is 65.6 Å². The first-order valence-corrected chi connectivity index (χ1v) is 12.4. The highest BCUT2D eigenvalue weighted by Crippen LogP contribution is 2.38. The fraction of sp³-hybridized carbons (Fsp3) is 0.286. The molecule has 5 heteroatoms. The highest BCUT2D eigenvalue weighted by molar-refractivity contribution is 9.10. The highest BCUT2D eigenvalue weighted by Gasteiger charge is 2.40. The summed E-state index contributed by atoms with van der Waals surface area (Å²) in [5, 5.41) is 3.17. The first kappa shape index (κ1) is 21.9. The molecule has 4 nitrogen and oxygen atoms in total. The largest absolute Gasteiger partial charge is 0.331 e. The molecule has 168 valence electrons. The number of carbonyl (C=O) groups excluding carboxylic acids is 2. The topological polar surface area (TPSA) is 49.4 Å².